The van der Waals surface area contributed by atoms with E-state index >= 15 is 0 Å². The van der Waals surface area contributed by atoms with Crippen molar-refractivity contribution in [3.05, 3.63) is 18.0 Å². The number of nitrogens with one attached hydrogen (secondary N) is 1. The van der Waals surface area contributed by atoms with Crippen LogP contribution in [0.4, 0.5) is 0 Å². The Hall–Kier alpha value is -1.41. The van der Waals surface area contributed by atoms with E-state index in [0.717, 1.165) is 0 Å². The van der Waals surface area contributed by atoms with Gasteiger partial charge in [-0.3, -0.25) is 9.89 Å². The van der Waals surface area contributed by atoms with Gasteiger partial charge in [-0.15, -0.1) is 0 Å². The first-order valence-corrected chi connectivity index (χ1v) is 8.28. The van der Waals surface area contributed by atoms with Crippen molar-refractivity contribution in [2.45, 2.75) is 11.3 Å². The minimum Gasteiger partial charge on any atom is -0.337 e. The molecule has 3 atom stereocenters. The van der Waals surface area contributed by atoms with Crippen molar-refractivity contribution in [1.82, 2.24) is 20.0 Å². The SMILES string of the molecule is CN(C)[C@H]1CS(=O)(=O)[C@H]2CN(C(=O)c3cn[nH]c3)C[C@@H]12. The number of aromatic amines is 1. The Balaban J connectivity index is 1.83. The van der Waals surface area contributed by atoms with Gasteiger partial charge < -0.3 is 9.80 Å². The molecule has 2 aliphatic heterocycles. The number of amides is 1. The van der Waals surface area contributed by atoms with Gasteiger partial charge >= 0.3 is 0 Å². The van der Waals surface area contributed by atoms with Gasteiger partial charge in [-0.25, -0.2) is 8.42 Å². The number of rotatable bonds is 2. The molecule has 0 spiro atoms. The molecule has 0 saturated carbocycles. The first-order valence-electron chi connectivity index (χ1n) is 6.56. The molecule has 20 heavy (non-hydrogen) atoms. The molecule has 110 valence electrons. The number of hydrogen-bond donors (Lipinski definition) is 1. The molecule has 1 amide bonds. The molecule has 0 bridgehead atoms. The van der Waals surface area contributed by atoms with E-state index in [1.165, 1.54) is 12.4 Å². The third-order valence-electron chi connectivity index (χ3n) is 4.36. The van der Waals surface area contributed by atoms with Gasteiger partial charge in [0.1, 0.15) is 0 Å². The highest BCUT2D eigenvalue weighted by atomic mass is 32.2. The smallest absolute Gasteiger partial charge is 0.257 e. The molecule has 0 radical (unpaired) electrons. The maximum atomic E-state index is 12.3. The van der Waals surface area contributed by atoms with Crippen molar-refractivity contribution in [3.63, 3.8) is 0 Å². The summed E-state index contributed by atoms with van der Waals surface area (Å²) in [6.07, 6.45) is 3.00. The van der Waals surface area contributed by atoms with Crippen LogP contribution in [0.15, 0.2) is 12.4 Å². The number of nitrogens with zero attached hydrogens (tertiary/aromatic N) is 3. The zero-order chi connectivity index (χ0) is 14.5. The summed E-state index contributed by atoms with van der Waals surface area (Å²) in [5, 5.41) is 5.94. The molecule has 0 unspecified atom stereocenters. The number of H-pyrrole nitrogens is 1. The fourth-order valence-electron chi connectivity index (χ4n) is 3.28. The summed E-state index contributed by atoms with van der Waals surface area (Å²) in [6, 6.07) is -0.00727. The molecular formula is C12H18N4O3S. The number of aromatic nitrogens is 2. The Morgan fingerprint density at radius 3 is 2.80 bits per heavy atom. The van der Waals surface area contributed by atoms with E-state index in [9.17, 15) is 13.2 Å². The fraction of sp³-hybridized carbons (Fsp3) is 0.667. The largest absolute Gasteiger partial charge is 0.337 e. The van der Waals surface area contributed by atoms with Crippen molar-refractivity contribution in [2.75, 3.05) is 32.9 Å². The van der Waals surface area contributed by atoms with E-state index < -0.39 is 15.1 Å². The van der Waals surface area contributed by atoms with E-state index in [1.807, 2.05) is 19.0 Å². The molecule has 3 rings (SSSR count). The lowest BCUT2D eigenvalue weighted by Gasteiger charge is -2.24. The third-order valence-corrected chi connectivity index (χ3v) is 6.59. The Kier molecular flexibility index (Phi) is 3.09. The van der Waals surface area contributed by atoms with Crippen LogP contribution in [0.2, 0.25) is 0 Å². The first-order chi connectivity index (χ1) is 9.40. The van der Waals surface area contributed by atoms with Gasteiger partial charge in [0.25, 0.3) is 5.91 Å². The molecule has 1 aromatic heterocycles. The second kappa shape index (κ2) is 4.56. The summed E-state index contributed by atoms with van der Waals surface area (Å²) >= 11 is 0. The zero-order valence-electron chi connectivity index (χ0n) is 11.5. The lowest BCUT2D eigenvalue weighted by Crippen LogP contribution is -2.38. The quantitative estimate of drug-likeness (QED) is 0.773. The number of likely N-dealkylation sites (tertiary alicyclic amines) is 1. The Labute approximate surface area is 117 Å². The highest BCUT2D eigenvalue weighted by Gasteiger charge is 2.53. The second-order valence-electron chi connectivity index (χ2n) is 5.76. The fourth-order valence-corrected chi connectivity index (χ4v) is 5.76. The van der Waals surface area contributed by atoms with E-state index in [1.54, 1.807) is 4.90 Å². The van der Waals surface area contributed by atoms with E-state index in [2.05, 4.69) is 10.2 Å². The van der Waals surface area contributed by atoms with Crippen LogP contribution < -0.4 is 0 Å². The standard InChI is InChI=1S/C12H18N4O3S/c1-15(2)10-7-20(18,19)11-6-16(5-9(10)11)12(17)8-3-13-14-4-8/h3-4,9-11H,5-7H2,1-2H3,(H,13,14)/t9-,10-,11-/m0/s1. The monoisotopic (exact) mass is 298 g/mol. The number of carbonyl (C=O) groups excluding carboxylic acids is 1. The molecule has 2 fully saturated rings. The van der Waals surface area contributed by atoms with E-state index in [-0.39, 0.29) is 23.6 Å². The van der Waals surface area contributed by atoms with Crippen LogP contribution in [0, 0.1) is 5.92 Å². The van der Waals surface area contributed by atoms with Crippen molar-refractivity contribution < 1.29 is 13.2 Å². The number of hydrogen-bond acceptors (Lipinski definition) is 5. The molecule has 0 aromatic carbocycles. The summed E-state index contributed by atoms with van der Waals surface area (Å²) in [6.45, 7) is 0.790. The van der Waals surface area contributed by atoms with Crippen LogP contribution >= 0.6 is 0 Å². The molecule has 3 heterocycles. The van der Waals surface area contributed by atoms with Gasteiger partial charge in [-0.1, -0.05) is 0 Å². The van der Waals surface area contributed by atoms with Gasteiger partial charge in [-0.05, 0) is 14.1 Å². The average Bonchev–Trinajstić information content (AvgIpc) is 3.06. The number of fused-ring (bicyclic) bond motifs is 1. The molecule has 2 aliphatic rings. The van der Waals surface area contributed by atoms with Crippen LogP contribution in [-0.4, -0.2) is 78.6 Å². The summed E-state index contributed by atoms with van der Waals surface area (Å²) in [5.41, 5.74) is 0.476. The lowest BCUT2D eigenvalue weighted by atomic mass is 10.00. The van der Waals surface area contributed by atoms with Gasteiger partial charge in [0.15, 0.2) is 9.84 Å². The van der Waals surface area contributed by atoms with Crippen LogP contribution in [-0.2, 0) is 9.84 Å². The summed E-state index contributed by atoms with van der Waals surface area (Å²) < 4.78 is 24.5. The van der Waals surface area contributed by atoms with Gasteiger partial charge in [0, 0.05) is 31.2 Å². The number of carbonyl (C=O) groups is 1. The Bertz CT molecular complexity index is 611. The van der Waals surface area contributed by atoms with Crippen LogP contribution in [0.5, 0.6) is 0 Å². The minimum absolute atomic E-state index is 0.00542. The van der Waals surface area contributed by atoms with Crippen LogP contribution in [0.3, 0.4) is 0 Å². The lowest BCUT2D eigenvalue weighted by molar-refractivity contribution is 0.0779. The van der Waals surface area contributed by atoms with Gasteiger partial charge in [0.2, 0.25) is 0 Å². The summed E-state index contributed by atoms with van der Waals surface area (Å²) in [7, 11) is 0.672. The molecule has 8 heteroatoms. The van der Waals surface area contributed by atoms with Crippen molar-refractivity contribution in [3.8, 4) is 0 Å². The van der Waals surface area contributed by atoms with Gasteiger partial charge in [-0.2, -0.15) is 5.10 Å². The van der Waals surface area contributed by atoms with E-state index in [0.29, 0.717) is 18.7 Å². The molecule has 1 aromatic rings. The minimum atomic E-state index is -3.11. The first kappa shape index (κ1) is 13.6. The normalized spacial score (nSPS) is 31.8. The Morgan fingerprint density at radius 1 is 1.45 bits per heavy atom. The molecule has 0 aliphatic carbocycles. The maximum absolute atomic E-state index is 12.3. The molecular weight excluding hydrogens is 280 g/mol. The highest BCUT2D eigenvalue weighted by Crippen LogP contribution is 2.36. The van der Waals surface area contributed by atoms with Crippen molar-refractivity contribution in [2.24, 2.45) is 5.92 Å². The molecule has 7 nitrogen and oxygen atoms in total. The average molecular weight is 298 g/mol. The van der Waals surface area contributed by atoms with Crippen molar-refractivity contribution in [1.29, 1.82) is 0 Å². The second-order valence-corrected chi connectivity index (χ2v) is 8.02. The number of sulfone groups is 1. The zero-order valence-corrected chi connectivity index (χ0v) is 12.3. The van der Waals surface area contributed by atoms with Gasteiger partial charge in [0.05, 0.1) is 22.8 Å². The Morgan fingerprint density at radius 2 is 2.20 bits per heavy atom. The topological polar surface area (TPSA) is 86.4 Å². The highest BCUT2D eigenvalue weighted by molar-refractivity contribution is 7.92. The van der Waals surface area contributed by atoms with Crippen molar-refractivity contribution >= 4 is 15.7 Å². The molecule has 1 N–H and O–H groups in total. The predicted molar refractivity (Wildman–Crippen MR) is 73.0 cm³/mol. The van der Waals surface area contributed by atoms with E-state index in [4.69, 9.17) is 0 Å². The predicted octanol–water partition coefficient (Wildman–Crippen LogP) is -0.791. The molecule has 2 saturated heterocycles. The maximum Gasteiger partial charge on any atom is 0.257 e. The van der Waals surface area contributed by atoms with Crippen LogP contribution in [0.25, 0.3) is 0 Å². The third kappa shape index (κ3) is 2.03. The summed E-state index contributed by atoms with van der Waals surface area (Å²) in [4.78, 5) is 15.9. The van der Waals surface area contributed by atoms with Crippen LogP contribution in [0.1, 0.15) is 10.4 Å². The summed E-state index contributed by atoms with van der Waals surface area (Å²) in [5.74, 6) is 0.0509.